The predicted molar refractivity (Wildman–Crippen MR) is 89.0 cm³/mol. The summed E-state index contributed by atoms with van der Waals surface area (Å²) in [7, 11) is 1.12. The molecule has 0 amide bonds. The molecule has 6 heteroatoms. The van der Waals surface area contributed by atoms with Crippen molar-refractivity contribution in [1.82, 2.24) is 4.98 Å². The fourth-order valence-corrected chi connectivity index (χ4v) is 2.72. The van der Waals surface area contributed by atoms with Gasteiger partial charge < -0.3 is 14.0 Å². The molecule has 0 spiro atoms. The van der Waals surface area contributed by atoms with Gasteiger partial charge in [-0.1, -0.05) is 11.6 Å². The van der Waals surface area contributed by atoms with E-state index < -0.39 is 18.3 Å². The number of pyridine rings is 1. The maximum atomic E-state index is 6.26. The van der Waals surface area contributed by atoms with Crippen molar-refractivity contribution in [3.8, 4) is 5.75 Å². The molecule has 0 aliphatic carbocycles. The number of rotatable bonds is 2. The molecule has 1 aromatic heterocycles. The Hall–Kier alpha value is -1.30. The summed E-state index contributed by atoms with van der Waals surface area (Å²) in [5, 5.41) is 1.52. The fourth-order valence-electron chi connectivity index (χ4n) is 2.48. The van der Waals surface area contributed by atoms with Gasteiger partial charge in [0, 0.05) is 15.9 Å². The quantitative estimate of drug-likeness (QED) is 0.797. The molecule has 0 radical (unpaired) electrons. The summed E-state index contributed by atoms with van der Waals surface area (Å²) in [5.41, 5.74) is 0.838. The molecule has 1 saturated heterocycles. The molecule has 0 atom stereocenters. The van der Waals surface area contributed by atoms with Crippen LogP contribution in [0.3, 0.4) is 0 Å². The van der Waals surface area contributed by atoms with E-state index in [9.17, 15) is 0 Å². The highest BCUT2D eigenvalue weighted by Crippen LogP contribution is 2.37. The lowest BCUT2D eigenvalue weighted by Gasteiger charge is -2.32. The van der Waals surface area contributed by atoms with Gasteiger partial charge in [0.2, 0.25) is 0 Å². The first-order valence-electron chi connectivity index (χ1n) is 7.22. The van der Waals surface area contributed by atoms with Gasteiger partial charge in [-0.3, -0.25) is 4.98 Å². The van der Waals surface area contributed by atoms with Crippen molar-refractivity contribution >= 4 is 35.1 Å². The molecule has 0 unspecified atom stereocenters. The maximum Gasteiger partial charge on any atom is 0.497 e. The van der Waals surface area contributed by atoms with Crippen molar-refractivity contribution in [2.75, 3.05) is 7.11 Å². The normalized spacial score (nSPS) is 19.6. The van der Waals surface area contributed by atoms with Gasteiger partial charge in [-0.05, 0) is 45.9 Å². The van der Waals surface area contributed by atoms with Crippen LogP contribution in [-0.4, -0.2) is 30.4 Å². The van der Waals surface area contributed by atoms with Crippen LogP contribution in [0.15, 0.2) is 24.4 Å². The van der Waals surface area contributed by atoms with Crippen molar-refractivity contribution in [1.29, 1.82) is 0 Å². The van der Waals surface area contributed by atoms with Gasteiger partial charge in [-0.15, -0.1) is 0 Å². The van der Waals surface area contributed by atoms with Crippen molar-refractivity contribution in [2.24, 2.45) is 0 Å². The average molecular weight is 320 g/mol. The minimum Gasteiger partial charge on any atom is -0.495 e. The number of benzene rings is 1. The molecule has 0 saturated carbocycles. The molecule has 116 valence electrons. The first kappa shape index (κ1) is 15.6. The van der Waals surface area contributed by atoms with E-state index in [1.54, 1.807) is 13.3 Å². The van der Waals surface area contributed by atoms with Crippen molar-refractivity contribution < 1.29 is 14.0 Å². The smallest absolute Gasteiger partial charge is 0.495 e. The number of ether oxygens (including phenoxy) is 1. The van der Waals surface area contributed by atoms with Crippen LogP contribution in [0.1, 0.15) is 27.7 Å². The molecule has 22 heavy (non-hydrogen) atoms. The molecule has 1 aliphatic rings. The zero-order chi connectivity index (χ0) is 16.1. The zero-order valence-corrected chi connectivity index (χ0v) is 14.2. The predicted octanol–water partition coefficient (Wildman–Crippen LogP) is 3.20. The van der Waals surface area contributed by atoms with Crippen LogP contribution < -0.4 is 10.2 Å². The van der Waals surface area contributed by atoms with Gasteiger partial charge in [0.15, 0.2) is 0 Å². The van der Waals surface area contributed by atoms with Crippen LogP contribution in [0, 0.1) is 0 Å². The Balaban J connectivity index is 2.12. The van der Waals surface area contributed by atoms with E-state index >= 15 is 0 Å². The molecule has 1 aliphatic heterocycles. The summed E-state index contributed by atoms with van der Waals surface area (Å²) >= 11 is 6.26. The van der Waals surface area contributed by atoms with Crippen LogP contribution >= 0.6 is 11.6 Å². The fraction of sp³-hybridized carbons (Fsp3) is 0.438. The molecule has 1 fully saturated rings. The van der Waals surface area contributed by atoms with Crippen molar-refractivity contribution in [2.45, 2.75) is 38.9 Å². The van der Waals surface area contributed by atoms with Crippen molar-refractivity contribution in [3.63, 3.8) is 0 Å². The topological polar surface area (TPSA) is 40.6 Å². The highest BCUT2D eigenvalue weighted by atomic mass is 35.5. The molecule has 3 rings (SSSR count). The zero-order valence-electron chi connectivity index (χ0n) is 13.4. The summed E-state index contributed by atoms with van der Waals surface area (Å²) in [4.78, 5) is 4.49. The molecular formula is C16H19BClNO3. The first-order valence-corrected chi connectivity index (χ1v) is 7.60. The second-order valence-electron chi connectivity index (χ2n) is 6.53. The molecule has 0 bridgehead atoms. The van der Waals surface area contributed by atoms with E-state index in [4.69, 9.17) is 25.6 Å². The van der Waals surface area contributed by atoms with Gasteiger partial charge in [-0.2, -0.15) is 0 Å². The Morgan fingerprint density at radius 2 is 1.73 bits per heavy atom. The highest BCUT2D eigenvalue weighted by molar-refractivity contribution is 6.65. The summed E-state index contributed by atoms with van der Waals surface area (Å²) < 4.78 is 17.5. The largest absolute Gasteiger partial charge is 0.497 e. The molecular weight excluding hydrogens is 300 g/mol. The third-order valence-corrected chi connectivity index (χ3v) is 4.71. The Labute approximate surface area is 135 Å². The molecule has 1 aromatic carbocycles. The monoisotopic (exact) mass is 319 g/mol. The van der Waals surface area contributed by atoms with E-state index in [0.29, 0.717) is 10.8 Å². The second kappa shape index (κ2) is 5.12. The SMILES string of the molecule is COc1cnc2c(B3OC(C)(C)C(C)(C)O3)cc(Cl)cc2c1. The number of aromatic nitrogens is 1. The third kappa shape index (κ3) is 2.47. The summed E-state index contributed by atoms with van der Waals surface area (Å²) in [6, 6.07) is 5.62. The molecule has 2 heterocycles. The van der Waals surface area contributed by atoms with Crippen molar-refractivity contribution in [3.05, 3.63) is 29.4 Å². The first-order chi connectivity index (χ1) is 10.2. The number of methoxy groups -OCH3 is 1. The van der Waals surface area contributed by atoms with Crippen LogP contribution in [0.5, 0.6) is 5.75 Å². The summed E-state index contributed by atoms with van der Waals surface area (Å²) in [6.07, 6.45) is 1.69. The van der Waals surface area contributed by atoms with E-state index in [2.05, 4.69) is 4.98 Å². The van der Waals surface area contributed by atoms with E-state index in [1.165, 1.54) is 0 Å². The number of hydrogen-bond donors (Lipinski definition) is 0. The molecule has 4 nitrogen and oxygen atoms in total. The number of halogens is 1. The van der Waals surface area contributed by atoms with Crippen LogP contribution in [-0.2, 0) is 9.31 Å². The van der Waals surface area contributed by atoms with Gasteiger partial charge in [0.05, 0.1) is 30.0 Å². The Bertz CT molecular complexity index is 717. The minimum absolute atomic E-state index is 0.404. The lowest BCUT2D eigenvalue weighted by atomic mass is 9.77. The van der Waals surface area contributed by atoms with Gasteiger partial charge in [0.1, 0.15) is 5.75 Å². The Morgan fingerprint density at radius 3 is 2.32 bits per heavy atom. The molecule has 0 N–H and O–H groups in total. The lowest BCUT2D eigenvalue weighted by Crippen LogP contribution is -2.41. The third-order valence-electron chi connectivity index (χ3n) is 4.50. The number of fused-ring (bicyclic) bond motifs is 1. The second-order valence-corrected chi connectivity index (χ2v) is 6.97. The highest BCUT2D eigenvalue weighted by Gasteiger charge is 2.52. The Morgan fingerprint density at radius 1 is 1.09 bits per heavy atom. The number of hydrogen-bond acceptors (Lipinski definition) is 4. The van der Waals surface area contributed by atoms with Crippen LogP contribution in [0.4, 0.5) is 0 Å². The average Bonchev–Trinajstić information content (AvgIpc) is 2.65. The van der Waals surface area contributed by atoms with Crippen LogP contribution in [0.25, 0.3) is 10.9 Å². The van der Waals surface area contributed by atoms with Crippen LogP contribution in [0.2, 0.25) is 5.02 Å². The standard InChI is InChI=1S/C16H19BClNO3/c1-15(2)16(3,4)22-17(21-15)13-8-11(18)6-10-7-12(20-5)9-19-14(10)13/h6-9H,1-5H3. The minimum atomic E-state index is -0.493. The van der Waals surface area contributed by atoms with E-state index in [1.807, 2.05) is 45.9 Å². The number of nitrogens with zero attached hydrogens (tertiary/aromatic N) is 1. The van der Waals surface area contributed by atoms with E-state index in [0.717, 1.165) is 16.4 Å². The van der Waals surface area contributed by atoms with Gasteiger partial charge >= 0.3 is 7.12 Å². The lowest BCUT2D eigenvalue weighted by molar-refractivity contribution is 0.00578. The van der Waals surface area contributed by atoms with E-state index in [-0.39, 0.29) is 0 Å². The maximum absolute atomic E-state index is 6.26. The Kier molecular flexibility index (Phi) is 3.63. The van der Waals surface area contributed by atoms with Gasteiger partial charge in [-0.25, -0.2) is 0 Å². The summed E-state index contributed by atoms with van der Waals surface area (Å²) in [6.45, 7) is 8.10. The van der Waals surface area contributed by atoms with Gasteiger partial charge in [0.25, 0.3) is 0 Å². The molecule has 2 aromatic rings. The summed E-state index contributed by atoms with van der Waals surface area (Å²) in [5.74, 6) is 0.689.